The lowest BCUT2D eigenvalue weighted by Gasteiger charge is -2.29. The van der Waals surface area contributed by atoms with Crippen LogP contribution in [0.5, 0.6) is 0 Å². The first-order chi connectivity index (χ1) is 10.7. The summed E-state index contributed by atoms with van der Waals surface area (Å²) in [7, 11) is 0. The molecule has 1 aliphatic heterocycles. The number of hydrogen-bond donors (Lipinski definition) is 2. The Morgan fingerprint density at radius 3 is 2.32 bits per heavy atom. The molecule has 5 heteroatoms. The van der Waals surface area contributed by atoms with Gasteiger partial charge >= 0.3 is 0 Å². The van der Waals surface area contributed by atoms with Gasteiger partial charge in [0.25, 0.3) is 0 Å². The van der Waals surface area contributed by atoms with Gasteiger partial charge in [0, 0.05) is 5.56 Å². The van der Waals surface area contributed by atoms with Gasteiger partial charge in [-0.15, -0.1) is 11.3 Å². The van der Waals surface area contributed by atoms with Crippen molar-refractivity contribution >= 4 is 27.3 Å². The molecule has 0 amide bonds. The minimum Gasteiger partial charge on any atom is -0.322 e. The second-order valence-electron chi connectivity index (χ2n) is 5.83. The van der Waals surface area contributed by atoms with Gasteiger partial charge in [-0.1, -0.05) is 18.2 Å². The van der Waals surface area contributed by atoms with Gasteiger partial charge in [-0.2, -0.15) is 5.26 Å². The molecule has 1 saturated heterocycles. The molecule has 1 fully saturated rings. The first-order valence-electron chi connectivity index (χ1n) is 7.64. The Hall–Kier alpha value is -1.19. The Balaban J connectivity index is 1.52. The number of hydrogen-bond acceptors (Lipinski definition) is 2. The quantitative estimate of drug-likeness (QED) is 0.813. The van der Waals surface area contributed by atoms with Gasteiger partial charge in [-0.3, -0.25) is 0 Å². The van der Waals surface area contributed by atoms with E-state index in [1.54, 1.807) is 9.80 Å². The van der Waals surface area contributed by atoms with Gasteiger partial charge in [0.2, 0.25) is 0 Å². The number of halogens is 1. The van der Waals surface area contributed by atoms with E-state index < -0.39 is 0 Å². The zero-order valence-electron chi connectivity index (χ0n) is 12.4. The minimum absolute atomic E-state index is 0.827. The van der Waals surface area contributed by atoms with Crippen molar-refractivity contribution in [3.63, 3.8) is 0 Å². The lowest BCUT2D eigenvalue weighted by Crippen LogP contribution is -3.27. The van der Waals surface area contributed by atoms with Gasteiger partial charge in [0.05, 0.1) is 20.3 Å². The molecule has 2 aromatic rings. The average molecular weight is 378 g/mol. The van der Waals surface area contributed by atoms with Crippen LogP contribution < -0.4 is 9.80 Å². The van der Waals surface area contributed by atoms with Crippen molar-refractivity contribution in [2.75, 3.05) is 26.2 Å². The Morgan fingerprint density at radius 1 is 1.00 bits per heavy atom. The molecule has 0 unspecified atom stereocenters. The van der Waals surface area contributed by atoms with E-state index in [0.29, 0.717) is 0 Å². The molecule has 2 heterocycles. The van der Waals surface area contributed by atoms with E-state index in [4.69, 9.17) is 0 Å². The van der Waals surface area contributed by atoms with Crippen molar-refractivity contribution in [1.82, 2.24) is 0 Å². The van der Waals surface area contributed by atoms with Gasteiger partial charge < -0.3 is 9.80 Å². The minimum atomic E-state index is 0.827. The number of piperazine rings is 1. The van der Waals surface area contributed by atoms with Crippen molar-refractivity contribution in [1.29, 1.82) is 5.26 Å². The SMILES string of the molecule is N#Cc1ccccc1C[NH+]1CC[NH+](Cc2ccc(Br)s2)CC1. The summed E-state index contributed by atoms with van der Waals surface area (Å²) in [5.41, 5.74) is 2.01. The van der Waals surface area contributed by atoms with Gasteiger partial charge in [-0.25, -0.2) is 0 Å². The van der Waals surface area contributed by atoms with Crippen LogP contribution in [0.3, 0.4) is 0 Å². The van der Waals surface area contributed by atoms with E-state index >= 15 is 0 Å². The maximum absolute atomic E-state index is 9.19. The fraction of sp³-hybridized carbons (Fsp3) is 0.353. The van der Waals surface area contributed by atoms with Crippen LogP contribution in [0.2, 0.25) is 0 Å². The monoisotopic (exact) mass is 377 g/mol. The summed E-state index contributed by atoms with van der Waals surface area (Å²) in [4.78, 5) is 4.73. The zero-order chi connectivity index (χ0) is 15.4. The molecule has 114 valence electrons. The van der Waals surface area contributed by atoms with E-state index in [2.05, 4.69) is 40.2 Å². The third-order valence-corrected chi connectivity index (χ3v) is 5.92. The van der Waals surface area contributed by atoms with Gasteiger partial charge in [0.15, 0.2) is 0 Å². The molecule has 0 spiro atoms. The summed E-state index contributed by atoms with van der Waals surface area (Å²) in [6, 6.07) is 14.7. The van der Waals surface area contributed by atoms with Crippen LogP contribution in [-0.2, 0) is 13.1 Å². The molecule has 22 heavy (non-hydrogen) atoms. The fourth-order valence-corrected chi connectivity index (χ4v) is 4.61. The van der Waals surface area contributed by atoms with Gasteiger partial charge in [-0.05, 0) is 34.1 Å². The second-order valence-corrected chi connectivity index (χ2v) is 8.38. The summed E-state index contributed by atoms with van der Waals surface area (Å²) >= 11 is 5.38. The molecule has 0 bridgehead atoms. The molecular weight excluding hydrogens is 358 g/mol. The normalized spacial score (nSPS) is 21.5. The van der Waals surface area contributed by atoms with Crippen LogP contribution in [0.25, 0.3) is 0 Å². The summed E-state index contributed by atoms with van der Waals surface area (Å²) in [5, 5.41) is 9.19. The van der Waals surface area contributed by atoms with E-state index in [-0.39, 0.29) is 0 Å². The van der Waals surface area contributed by atoms with E-state index in [1.165, 1.54) is 40.4 Å². The Kier molecular flexibility index (Phi) is 5.27. The number of quaternary nitrogens is 2. The molecule has 3 nitrogen and oxygen atoms in total. The molecule has 1 aliphatic rings. The maximum atomic E-state index is 9.19. The summed E-state index contributed by atoms with van der Waals surface area (Å²) < 4.78 is 1.22. The van der Waals surface area contributed by atoms with Crippen molar-refractivity contribution < 1.29 is 9.80 Å². The number of nitrogens with one attached hydrogen (secondary N) is 2. The number of rotatable bonds is 4. The Morgan fingerprint density at radius 2 is 1.68 bits per heavy atom. The highest BCUT2D eigenvalue weighted by molar-refractivity contribution is 9.11. The van der Waals surface area contributed by atoms with E-state index in [9.17, 15) is 5.26 Å². The highest BCUT2D eigenvalue weighted by Gasteiger charge is 2.24. The lowest BCUT2D eigenvalue weighted by molar-refractivity contribution is -1.02. The predicted octanol–water partition coefficient (Wildman–Crippen LogP) is 0.866. The number of nitriles is 1. The molecule has 0 saturated carbocycles. The van der Waals surface area contributed by atoms with Crippen LogP contribution in [0.4, 0.5) is 0 Å². The van der Waals surface area contributed by atoms with E-state index in [0.717, 1.165) is 18.7 Å². The summed E-state index contributed by atoms with van der Waals surface area (Å²) in [5.74, 6) is 0. The van der Waals surface area contributed by atoms with Gasteiger partial charge in [0.1, 0.15) is 39.3 Å². The summed E-state index contributed by atoms with van der Waals surface area (Å²) in [6.45, 7) is 6.89. The zero-order valence-corrected chi connectivity index (χ0v) is 14.8. The van der Waals surface area contributed by atoms with Crippen molar-refractivity contribution in [3.8, 4) is 6.07 Å². The Labute approximate surface area is 143 Å². The highest BCUT2D eigenvalue weighted by atomic mass is 79.9. The molecule has 3 rings (SSSR count). The lowest BCUT2D eigenvalue weighted by atomic mass is 10.1. The van der Waals surface area contributed by atoms with Crippen molar-refractivity contribution in [2.45, 2.75) is 13.1 Å². The first kappa shape index (κ1) is 15.7. The average Bonchev–Trinajstić information content (AvgIpc) is 2.95. The van der Waals surface area contributed by atoms with Crippen LogP contribution in [0.1, 0.15) is 16.0 Å². The largest absolute Gasteiger partial charge is 0.322 e. The third-order valence-electron chi connectivity index (χ3n) is 4.30. The highest BCUT2D eigenvalue weighted by Crippen LogP contribution is 2.21. The summed E-state index contributed by atoms with van der Waals surface area (Å²) in [6.07, 6.45) is 0. The van der Waals surface area contributed by atoms with Crippen LogP contribution in [0.15, 0.2) is 40.2 Å². The fourth-order valence-electron chi connectivity index (χ4n) is 3.06. The van der Waals surface area contributed by atoms with E-state index in [1.807, 2.05) is 29.5 Å². The maximum Gasteiger partial charge on any atom is 0.127 e. The number of nitrogens with zero attached hydrogens (tertiary/aromatic N) is 1. The van der Waals surface area contributed by atoms with Crippen LogP contribution >= 0.6 is 27.3 Å². The number of thiophene rings is 1. The molecule has 1 aromatic carbocycles. The Bertz CT molecular complexity index is 669. The van der Waals surface area contributed by atoms with Crippen molar-refractivity contribution in [2.24, 2.45) is 0 Å². The predicted molar refractivity (Wildman–Crippen MR) is 92.0 cm³/mol. The molecule has 0 radical (unpaired) electrons. The first-order valence-corrected chi connectivity index (χ1v) is 9.25. The third kappa shape index (κ3) is 3.96. The topological polar surface area (TPSA) is 32.7 Å². The second kappa shape index (κ2) is 7.38. The molecule has 0 aliphatic carbocycles. The van der Waals surface area contributed by atoms with Crippen molar-refractivity contribution in [3.05, 3.63) is 56.2 Å². The molecule has 1 aromatic heterocycles. The molecular formula is C17H20BrN3S+2. The smallest absolute Gasteiger partial charge is 0.127 e. The van der Waals surface area contributed by atoms with Crippen LogP contribution in [0, 0.1) is 11.3 Å². The van der Waals surface area contributed by atoms with Crippen LogP contribution in [-0.4, -0.2) is 26.2 Å². The molecule has 2 N–H and O–H groups in total. The number of benzene rings is 1. The molecule has 0 atom stereocenters. The standard InChI is InChI=1S/C17H18BrN3S/c18-17-6-5-16(22-17)13-21-9-7-20(8-10-21)12-15-4-2-1-3-14(15)11-19/h1-6H,7-10,12-13H2/p+2.